The van der Waals surface area contributed by atoms with E-state index in [0.717, 1.165) is 6.92 Å². The van der Waals surface area contributed by atoms with Crippen molar-refractivity contribution in [2.75, 3.05) is 5.32 Å². The monoisotopic (exact) mass is 477 g/mol. The number of halogens is 5. The van der Waals surface area contributed by atoms with Gasteiger partial charge in [-0.3, -0.25) is 9.59 Å². The zero-order valence-corrected chi connectivity index (χ0v) is 18.8. The first-order valence-electron chi connectivity index (χ1n) is 9.75. The summed E-state index contributed by atoms with van der Waals surface area (Å²) in [5, 5.41) is 12.3. The molecule has 0 spiro atoms. The van der Waals surface area contributed by atoms with E-state index in [-0.39, 0.29) is 23.6 Å². The second-order valence-electron chi connectivity index (χ2n) is 7.84. The van der Waals surface area contributed by atoms with E-state index in [1.807, 2.05) is 0 Å². The van der Waals surface area contributed by atoms with Gasteiger partial charge in [-0.15, -0.1) is 0 Å². The van der Waals surface area contributed by atoms with Crippen LogP contribution in [0.25, 0.3) is 0 Å². The number of anilines is 1. The molecule has 1 amide bonds. The fourth-order valence-electron chi connectivity index (χ4n) is 3.59. The highest BCUT2D eigenvalue weighted by atomic mass is 35.5. The quantitative estimate of drug-likeness (QED) is 0.479. The summed E-state index contributed by atoms with van der Waals surface area (Å²) in [4.78, 5) is 24.3. The summed E-state index contributed by atoms with van der Waals surface area (Å²) in [6.07, 6.45) is 0.425. The number of nitrogens with one attached hydrogen (secondary N) is 1. The molecule has 2 rings (SSSR count). The van der Waals surface area contributed by atoms with Crippen LogP contribution in [0.5, 0.6) is 0 Å². The number of alkyl halides is 3. The minimum Gasteiger partial charge on any atom is -0.481 e. The van der Waals surface area contributed by atoms with Crippen LogP contribution in [0, 0.1) is 30.6 Å². The maximum Gasteiger partial charge on any atom is 0.392 e. The number of aliphatic carboxylic acids is 1. The summed E-state index contributed by atoms with van der Waals surface area (Å²) in [6, 6.07) is 3.15. The molecule has 0 bridgehead atoms. The van der Waals surface area contributed by atoms with Crippen LogP contribution < -0.4 is 5.32 Å². The Morgan fingerprint density at radius 2 is 1.90 bits per heavy atom. The molecule has 0 saturated carbocycles. The van der Waals surface area contributed by atoms with E-state index >= 15 is 0 Å². The number of benzene rings is 1. The zero-order chi connectivity index (χ0) is 23.5. The molecule has 0 radical (unpaired) electrons. The molecule has 4 nitrogen and oxygen atoms in total. The maximum absolute atomic E-state index is 13.5. The van der Waals surface area contributed by atoms with Crippen LogP contribution >= 0.6 is 23.2 Å². The molecule has 1 aromatic rings. The van der Waals surface area contributed by atoms with Crippen LogP contribution in [-0.2, 0) is 16.0 Å². The number of allylic oxidation sites excluding steroid dienone is 4. The molecule has 170 valence electrons. The summed E-state index contributed by atoms with van der Waals surface area (Å²) >= 11 is 12.1. The van der Waals surface area contributed by atoms with E-state index < -0.39 is 41.7 Å². The van der Waals surface area contributed by atoms with Crippen molar-refractivity contribution in [3.05, 3.63) is 51.5 Å². The Hall–Kier alpha value is -1.99. The Balaban J connectivity index is 2.37. The minimum absolute atomic E-state index is 0.165. The van der Waals surface area contributed by atoms with Crippen LogP contribution in [0.15, 0.2) is 35.4 Å². The summed E-state index contributed by atoms with van der Waals surface area (Å²) in [7, 11) is 0. The summed E-state index contributed by atoms with van der Waals surface area (Å²) < 4.78 is 40.6. The van der Waals surface area contributed by atoms with Gasteiger partial charge >= 0.3 is 12.1 Å². The van der Waals surface area contributed by atoms with Crippen molar-refractivity contribution < 1.29 is 27.9 Å². The van der Waals surface area contributed by atoms with Gasteiger partial charge in [0.25, 0.3) is 0 Å². The summed E-state index contributed by atoms with van der Waals surface area (Å²) in [6.45, 7) is 4.18. The van der Waals surface area contributed by atoms with Crippen molar-refractivity contribution in [1.29, 1.82) is 0 Å². The number of hydrogen-bond acceptors (Lipinski definition) is 2. The van der Waals surface area contributed by atoms with Crippen molar-refractivity contribution in [1.82, 2.24) is 0 Å². The summed E-state index contributed by atoms with van der Waals surface area (Å²) in [5.41, 5.74) is 1.35. The normalized spacial score (nSPS) is 19.4. The fourth-order valence-corrected chi connectivity index (χ4v) is 4.01. The van der Waals surface area contributed by atoms with Gasteiger partial charge in [0.05, 0.1) is 28.5 Å². The van der Waals surface area contributed by atoms with E-state index in [4.69, 9.17) is 28.3 Å². The first-order valence-corrected chi connectivity index (χ1v) is 10.5. The van der Waals surface area contributed by atoms with E-state index in [1.54, 1.807) is 26.0 Å². The molecule has 9 heteroatoms. The highest BCUT2D eigenvalue weighted by Gasteiger charge is 2.47. The molecular formula is C22H24Cl2F3NO3. The van der Waals surface area contributed by atoms with E-state index in [2.05, 4.69) is 5.32 Å². The maximum atomic E-state index is 13.5. The highest BCUT2D eigenvalue weighted by Crippen LogP contribution is 2.40. The predicted octanol–water partition coefficient (Wildman–Crippen LogP) is 6.36. The molecule has 1 aliphatic rings. The first kappa shape index (κ1) is 25.3. The van der Waals surface area contributed by atoms with Crippen molar-refractivity contribution in [3.8, 4) is 0 Å². The number of carbonyl (C=O) groups is 2. The lowest BCUT2D eigenvalue weighted by molar-refractivity contribution is -0.188. The van der Waals surface area contributed by atoms with Crippen LogP contribution in [0.2, 0.25) is 5.02 Å². The molecular weight excluding hydrogens is 454 g/mol. The highest BCUT2D eigenvalue weighted by molar-refractivity contribution is 6.34. The second kappa shape index (κ2) is 10.1. The lowest BCUT2D eigenvalue weighted by Gasteiger charge is -2.31. The topological polar surface area (TPSA) is 66.4 Å². The van der Waals surface area contributed by atoms with Gasteiger partial charge in [0.2, 0.25) is 5.91 Å². The third-order valence-corrected chi connectivity index (χ3v) is 6.22. The third kappa shape index (κ3) is 6.26. The second-order valence-corrected chi connectivity index (χ2v) is 8.69. The van der Waals surface area contributed by atoms with Crippen LogP contribution in [0.3, 0.4) is 0 Å². The number of hydrogen-bond donors (Lipinski definition) is 2. The average molecular weight is 478 g/mol. The number of amides is 1. The average Bonchev–Trinajstić information content (AvgIpc) is 2.68. The zero-order valence-electron chi connectivity index (χ0n) is 17.3. The Morgan fingerprint density at radius 1 is 1.26 bits per heavy atom. The SMILES string of the molecule is Cc1c(C[C@@H](C)C(=O)O)ccc(Cl)c1NC(=O)[C@H](C1C=CC(Cl)=CC1)[C@@H](C)C(F)(F)F. The summed E-state index contributed by atoms with van der Waals surface area (Å²) in [5.74, 6) is -6.44. The molecule has 2 N–H and O–H groups in total. The number of carboxylic acids is 1. The van der Waals surface area contributed by atoms with Gasteiger partial charge in [0.1, 0.15) is 0 Å². The minimum atomic E-state index is -4.57. The number of carbonyl (C=O) groups excluding carboxylic acids is 1. The third-order valence-electron chi connectivity index (χ3n) is 5.63. The molecule has 0 heterocycles. The number of carboxylic acid groups (broad SMARTS) is 1. The van der Waals surface area contributed by atoms with E-state index in [0.29, 0.717) is 16.2 Å². The van der Waals surface area contributed by atoms with E-state index in [1.165, 1.54) is 18.2 Å². The molecule has 1 unspecified atom stereocenters. The molecule has 0 aliphatic heterocycles. The molecule has 0 fully saturated rings. The molecule has 1 aliphatic carbocycles. The number of rotatable bonds is 7. The molecule has 0 saturated heterocycles. The van der Waals surface area contributed by atoms with Gasteiger partial charge in [0.15, 0.2) is 0 Å². The molecule has 4 atom stereocenters. The Kier molecular flexibility index (Phi) is 8.22. The van der Waals surface area contributed by atoms with Crippen molar-refractivity contribution in [2.45, 2.75) is 39.8 Å². The van der Waals surface area contributed by atoms with Crippen molar-refractivity contribution in [3.63, 3.8) is 0 Å². The molecule has 31 heavy (non-hydrogen) atoms. The van der Waals surface area contributed by atoms with Crippen molar-refractivity contribution in [2.24, 2.45) is 23.7 Å². The Bertz CT molecular complexity index is 912. The fraction of sp³-hybridized carbons (Fsp3) is 0.455. The van der Waals surface area contributed by atoms with Crippen LogP contribution in [0.1, 0.15) is 31.4 Å². The lowest BCUT2D eigenvalue weighted by atomic mass is 9.78. The standard InChI is InChI=1S/C22H24Cl2F3NO3/c1-11(21(30)31)10-15-6-9-17(24)19(12(15)2)28-20(29)18(13(3)22(25,26)27)14-4-7-16(23)8-5-14/h4,6-9,11,13-14,18H,5,10H2,1-3H3,(H,28,29)(H,30,31)/t11-,13-,14?,18+/m1/s1. The van der Waals surface area contributed by atoms with Crippen LogP contribution in [0.4, 0.5) is 18.9 Å². The van der Waals surface area contributed by atoms with E-state index in [9.17, 15) is 22.8 Å². The van der Waals surface area contributed by atoms with Crippen molar-refractivity contribution >= 4 is 40.8 Å². The molecule has 1 aromatic carbocycles. The predicted molar refractivity (Wildman–Crippen MR) is 115 cm³/mol. The Morgan fingerprint density at radius 3 is 2.42 bits per heavy atom. The van der Waals surface area contributed by atoms with Crippen LogP contribution in [-0.4, -0.2) is 23.2 Å². The first-order chi connectivity index (χ1) is 14.3. The van der Waals surface area contributed by atoms with Gasteiger partial charge in [0, 0.05) is 5.03 Å². The largest absolute Gasteiger partial charge is 0.481 e. The van der Waals surface area contributed by atoms with Gasteiger partial charge in [-0.05, 0) is 49.0 Å². The molecule has 0 aromatic heterocycles. The van der Waals surface area contributed by atoms with Gasteiger partial charge in [-0.1, -0.05) is 55.3 Å². The van der Waals surface area contributed by atoms with Gasteiger partial charge < -0.3 is 10.4 Å². The lowest BCUT2D eigenvalue weighted by Crippen LogP contribution is -2.40. The van der Waals surface area contributed by atoms with Gasteiger partial charge in [-0.2, -0.15) is 13.2 Å². The Labute approximate surface area is 189 Å². The van der Waals surface area contributed by atoms with Gasteiger partial charge in [-0.25, -0.2) is 0 Å². The smallest absolute Gasteiger partial charge is 0.392 e.